The van der Waals surface area contributed by atoms with Gasteiger partial charge in [0.05, 0.1) is 0 Å². The number of Topliss-reactive ketones (excluding diaryl/α,β-unsaturated/α-hetero) is 1. The van der Waals surface area contributed by atoms with Crippen molar-refractivity contribution in [2.24, 2.45) is 11.8 Å². The van der Waals surface area contributed by atoms with Crippen LogP contribution < -0.4 is 5.73 Å². The van der Waals surface area contributed by atoms with Crippen LogP contribution in [-0.4, -0.2) is 5.78 Å². The molecule has 96 valence electrons. The van der Waals surface area contributed by atoms with Crippen LogP contribution in [-0.2, 0) is 4.79 Å². The second kappa shape index (κ2) is 8.80. The van der Waals surface area contributed by atoms with Gasteiger partial charge in [0.2, 0.25) is 0 Å². The fourth-order valence-electron chi connectivity index (χ4n) is 1.45. The third-order valence-corrected chi connectivity index (χ3v) is 2.07. The van der Waals surface area contributed by atoms with E-state index >= 15 is 0 Å². The number of carbonyl (C=O) groups excluding carboxylic acids is 1. The van der Waals surface area contributed by atoms with Crippen molar-refractivity contribution in [1.82, 2.24) is 0 Å². The van der Waals surface area contributed by atoms with Crippen molar-refractivity contribution in [1.29, 1.82) is 0 Å². The van der Waals surface area contributed by atoms with Gasteiger partial charge in [-0.05, 0) is 24.0 Å². The van der Waals surface area contributed by atoms with E-state index in [1.54, 1.807) is 0 Å². The molecule has 0 aliphatic carbocycles. The van der Waals surface area contributed by atoms with Gasteiger partial charge in [-0.3, -0.25) is 4.79 Å². The number of anilines is 1. The Kier molecular flexibility index (Phi) is 8.12. The van der Waals surface area contributed by atoms with Crippen LogP contribution in [0, 0.1) is 11.8 Å². The van der Waals surface area contributed by atoms with E-state index in [0.717, 1.165) is 18.5 Å². The smallest absolute Gasteiger partial charge is 0.133 e. The molecule has 0 atom stereocenters. The second-order valence-electron chi connectivity index (χ2n) is 5.15. The lowest BCUT2D eigenvalue weighted by atomic mass is 10.00. The minimum Gasteiger partial charge on any atom is -0.399 e. The fraction of sp³-hybridized carbons (Fsp3) is 0.533. The molecular formula is C15H25NO. The van der Waals surface area contributed by atoms with Crippen LogP contribution in [0.1, 0.15) is 40.5 Å². The normalized spacial score (nSPS) is 10.0. The molecule has 1 aromatic rings. The SMILES string of the molecule is CC(C)CC(=O)CC(C)C.Nc1ccccc1. The molecule has 0 spiro atoms. The third-order valence-electron chi connectivity index (χ3n) is 2.07. The molecule has 1 rings (SSSR count). The average Bonchev–Trinajstić information content (AvgIpc) is 2.16. The number of nitrogens with two attached hydrogens (primary N) is 1. The summed E-state index contributed by atoms with van der Waals surface area (Å²) < 4.78 is 0. The van der Waals surface area contributed by atoms with Crippen molar-refractivity contribution in [2.75, 3.05) is 5.73 Å². The molecule has 0 amide bonds. The molecule has 2 heteroatoms. The Balaban J connectivity index is 0.000000318. The number of para-hydroxylation sites is 1. The lowest BCUT2D eigenvalue weighted by molar-refractivity contribution is -0.120. The summed E-state index contributed by atoms with van der Waals surface area (Å²) in [4.78, 5) is 11.1. The lowest BCUT2D eigenvalue weighted by Gasteiger charge is -2.05. The molecule has 0 aromatic heterocycles. The predicted molar refractivity (Wildman–Crippen MR) is 74.8 cm³/mol. The van der Waals surface area contributed by atoms with E-state index in [1.165, 1.54) is 0 Å². The zero-order valence-electron chi connectivity index (χ0n) is 11.4. The third kappa shape index (κ3) is 11.0. The van der Waals surface area contributed by atoms with Gasteiger partial charge in [-0.25, -0.2) is 0 Å². The highest BCUT2D eigenvalue weighted by Crippen LogP contribution is 2.07. The van der Waals surface area contributed by atoms with Gasteiger partial charge in [-0.1, -0.05) is 45.9 Å². The first kappa shape index (κ1) is 15.7. The molecular weight excluding hydrogens is 210 g/mol. The number of ketones is 1. The van der Waals surface area contributed by atoms with Crippen LogP contribution in [0.3, 0.4) is 0 Å². The maximum Gasteiger partial charge on any atom is 0.133 e. The summed E-state index contributed by atoms with van der Waals surface area (Å²) in [6, 6.07) is 9.49. The highest BCUT2D eigenvalue weighted by Gasteiger charge is 2.06. The van der Waals surface area contributed by atoms with Gasteiger partial charge in [0, 0.05) is 18.5 Å². The van der Waals surface area contributed by atoms with Gasteiger partial charge in [-0.2, -0.15) is 0 Å². The van der Waals surface area contributed by atoms with Gasteiger partial charge in [0.15, 0.2) is 0 Å². The van der Waals surface area contributed by atoms with Gasteiger partial charge in [-0.15, -0.1) is 0 Å². The van der Waals surface area contributed by atoms with Crippen LogP contribution in [0.25, 0.3) is 0 Å². The number of hydrogen-bond donors (Lipinski definition) is 1. The van der Waals surface area contributed by atoms with E-state index in [-0.39, 0.29) is 0 Å². The highest BCUT2D eigenvalue weighted by molar-refractivity contribution is 5.78. The van der Waals surface area contributed by atoms with E-state index in [1.807, 2.05) is 30.3 Å². The lowest BCUT2D eigenvalue weighted by Crippen LogP contribution is -2.05. The first-order valence-corrected chi connectivity index (χ1v) is 6.24. The van der Waals surface area contributed by atoms with E-state index in [9.17, 15) is 4.79 Å². The predicted octanol–water partition coefficient (Wildman–Crippen LogP) is 3.92. The molecule has 0 radical (unpaired) electrons. The van der Waals surface area contributed by atoms with E-state index in [0.29, 0.717) is 17.6 Å². The second-order valence-corrected chi connectivity index (χ2v) is 5.15. The molecule has 0 saturated heterocycles. The molecule has 1 aromatic carbocycles. The molecule has 2 N–H and O–H groups in total. The Morgan fingerprint density at radius 1 is 1.00 bits per heavy atom. The molecule has 0 aliphatic rings. The Bertz CT molecular complexity index is 292. The number of nitrogen functional groups attached to an aromatic ring is 1. The summed E-state index contributed by atoms with van der Waals surface area (Å²) in [6.07, 6.45) is 1.50. The maximum atomic E-state index is 11.1. The average molecular weight is 235 g/mol. The fourth-order valence-corrected chi connectivity index (χ4v) is 1.45. The van der Waals surface area contributed by atoms with Crippen molar-refractivity contribution < 1.29 is 4.79 Å². The first-order chi connectivity index (χ1) is 7.91. The molecule has 2 nitrogen and oxygen atoms in total. The zero-order chi connectivity index (χ0) is 13.3. The summed E-state index contributed by atoms with van der Waals surface area (Å²) in [7, 11) is 0. The first-order valence-electron chi connectivity index (χ1n) is 6.24. The van der Waals surface area contributed by atoms with E-state index < -0.39 is 0 Å². The highest BCUT2D eigenvalue weighted by atomic mass is 16.1. The van der Waals surface area contributed by atoms with Crippen molar-refractivity contribution in [3.63, 3.8) is 0 Å². The van der Waals surface area contributed by atoms with Crippen LogP contribution >= 0.6 is 0 Å². The standard InChI is InChI=1S/C9H18O.C6H7N/c1-7(2)5-9(10)6-8(3)4;7-6-4-2-1-3-5-6/h7-8H,5-6H2,1-4H3;1-5H,7H2. The number of carbonyl (C=O) groups is 1. The summed E-state index contributed by atoms with van der Waals surface area (Å²) >= 11 is 0. The van der Waals surface area contributed by atoms with Crippen LogP contribution in [0.5, 0.6) is 0 Å². The summed E-state index contributed by atoms with van der Waals surface area (Å²) in [5.41, 5.74) is 6.18. The molecule has 0 heterocycles. The zero-order valence-corrected chi connectivity index (χ0v) is 11.4. The Morgan fingerprint density at radius 3 is 1.65 bits per heavy atom. The molecule has 0 bridgehead atoms. The molecule has 0 fully saturated rings. The van der Waals surface area contributed by atoms with Crippen molar-refractivity contribution >= 4 is 11.5 Å². The summed E-state index contributed by atoms with van der Waals surface area (Å²) in [6.45, 7) is 8.33. The van der Waals surface area contributed by atoms with Gasteiger partial charge in [0.1, 0.15) is 5.78 Å². The molecule has 0 unspecified atom stereocenters. The monoisotopic (exact) mass is 235 g/mol. The minimum atomic E-state index is 0.407. The van der Waals surface area contributed by atoms with Gasteiger partial charge >= 0.3 is 0 Å². The van der Waals surface area contributed by atoms with E-state index in [4.69, 9.17) is 5.73 Å². The van der Waals surface area contributed by atoms with Crippen LogP contribution in [0.2, 0.25) is 0 Å². The number of benzene rings is 1. The molecule has 0 aliphatic heterocycles. The topological polar surface area (TPSA) is 43.1 Å². The number of hydrogen-bond acceptors (Lipinski definition) is 2. The maximum absolute atomic E-state index is 11.1. The van der Waals surface area contributed by atoms with Crippen LogP contribution in [0.15, 0.2) is 30.3 Å². The largest absolute Gasteiger partial charge is 0.399 e. The molecule has 17 heavy (non-hydrogen) atoms. The van der Waals surface area contributed by atoms with Crippen molar-refractivity contribution in [3.8, 4) is 0 Å². The van der Waals surface area contributed by atoms with E-state index in [2.05, 4.69) is 27.7 Å². The van der Waals surface area contributed by atoms with Gasteiger partial charge in [0.25, 0.3) is 0 Å². The van der Waals surface area contributed by atoms with Crippen molar-refractivity contribution in [3.05, 3.63) is 30.3 Å². The Morgan fingerprint density at radius 2 is 1.41 bits per heavy atom. The Labute approximate surface area is 105 Å². The van der Waals surface area contributed by atoms with Crippen LogP contribution in [0.4, 0.5) is 5.69 Å². The molecule has 0 saturated carbocycles. The number of rotatable bonds is 4. The van der Waals surface area contributed by atoms with Gasteiger partial charge < -0.3 is 5.73 Å². The summed E-state index contributed by atoms with van der Waals surface area (Å²) in [5.74, 6) is 1.45. The van der Waals surface area contributed by atoms with Crippen molar-refractivity contribution in [2.45, 2.75) is 40.5 Å². The minimum absolute atomic E-state index is 0.407. The Hall–Kier alpha value is -1.31. The summed E-state index contributed by atoms with van der Waals surface area (Å²) in [5, 5.41) is 0. The quantitative estimate of drug-likeness (QED) is 0.804.